The van der Waals surface area contributed by atoms with Crippen LogP contribution in [0, 0.1) is 0 Å². The van der Waals surface area contributed by atoms with Crippen LogP contribution in [0.4, 0.5) is 0 Å². The molecule has 0 spiro atoms. The van der Waals surface area contributed by atoms with Gasteiger partial charge in [0.15, 0.2) is 0 Å². The number of amides is 2. The Labute approximate surface area is 133 Å². The summed E-state index contributed by atoms with van der Waals surface area (Å²) in [7, 11) is 1.83. The summed E-state index contributed by atoms with van der Waals surface area (Å²) in [5, 5.41) is 8.41. The fourth-order valence-corrected chi connectivity index (χ4v) is 2.23. The van der Waals surface area contributed by atoms with Crippen LogP contribution in [0.15, 0.2) is 12.2 Å². The highest BCUT2D eigenvalue weighted by atomic mass is 16.5. The van der Waals surface area contributed by atoms with E-state index in [0.29, 0.717) is 19.5 Å². The molecule has 0 saturated heterocycles. The van der Waals surface area contributed by atoms with Crippen LogP contribution in [0.1, 0.15) is 38.5 Å². The number of nitrogens with one attached hydrogen (secondary N) is 3. The first kappa shape index (κ1) is 18.6. The Morgan fingerprint density at radius 3 is 2.73 bits per heavy atom. The molecule has 0 bridgehead atoms. The normalized spacial score (nSPS) is 19.8. The average molecular weight is 311 g/mol. The van der Waals surface area contributed by atoms with E-state index in [9.17, 15) is 9.59 Å². The summed E-state index contributed by atoms with van der Waals surface area (Å²) in [6.07, 6.45) is 10.2. The summed E-state index contributed by atoms with van der Waals surface area (Å²) in [5.41, 5.74) is 0. The predicted molar refractivity (Wildman–Crippen MR) is 86.5 cm³/mol. The molecule has 0 fully saturated rings. The maximum absolute atomic E-state index is 11.7. The highest BCUT2D eigenvalue weighted by molar-refractivity contribution is 5.79. The maximum Gasteiger partial charge on any atom is 0.246 e. The molecule has 1 atom stereocenters. The van der Waals surface area contributed by atoms with E-state index in [-0.39, 0.29) is 24.5 Å². The van der Waals surface area contributed by atoms with E-state index in [1.807, 2.05) is 7.05 Å². The summed E-state index contributed by atoms with van der Waals surface area (Å²) in [5.74, 6) is -0.224. The molecule has 2 amide bonds. The van der Waals surface area contributed by atoms with E-state index in [2.05, 4.69) is 28.1 Å². The first-order valence-corrected chi connectivity index (χ1v) is 8.18. The van der Waals surface area contributed by atoms with Crippen molar-refractivity contribution in [2.24, 2.45) is 0 Å². The Balaban J connectivity index is 2.07. The van der Waals surface area contributed by atoms with Crippen LogP contribution in [-0.2, 0) is 14.3 Å². The highest BCUT2D eigenvalue weighted by Gasteiger charge is 2.10. The zero-order valence-corrected chi connectivity index (χ0v) is 13.5. The number of rotatable bonds is 9. The number of likely N-dealkylation sites (N-methyl/N-ethyl adjacent to an activating group) is 1. The van der Waals surface area contributed by atoms with Crippen molar-refractivity contribution in [3.8, 4) is 0 Å². The van der Waals surface area contributed by atoms with E-state index >= 15 is 0 Å². The third kappa shape index (κ3) is 9.52. The molecule has 0 aromatic heterocycles. The molecule has 22 heavy (non-hydrogen) atoms. The number of hydrogen-bond donors (Lipinski definition) is 3. The largest absolute Gasteiger partial charge is 0.364 e. The molecule has 1 aliphatic carbocycles. The molecule has 3 N–H and O–H groups in total. The smallest absolute Gasteiger partial charge is 0.246 e. The van der Waals surface area contributed by atoms with Crippen molar-refractivity contribution in [2.75, 3.05) is 33.3 Å². The molecule has 1 unspecified atom stereocenters. The van der Waals surface area contributed by atoms with Crippen LogP contribution in [-0.4, -0.2) is 51.2 Å². The van der Waals surface area contributed by atoms with Gasteiger partial charge in [0, 0.05) is 26.1 Å². The van der Waals surface area contributed by atoms with Crippen LogP contribution in [0.2, 0.25) is 0 Å². The minimum absolute atomic E-state index is 0.0379. The molecule has 0 heterocycles. The lowest BCUT2D eigenvalue weighted by Crippen LogP contribution is -2.35. The Bertz CT molecular complexity index is 359. The van der Waals surface area contributed by atoms with Gasteiger partial charge < -0.3 is 20.7 Å². The van der Waals surface area contributed by atoms with E-state index in [0.717, 1.165) is 25.8 Å². The zero-order chi connectivity index (χ0) is 16.0. The van der Waals surface area contributed by atoms with E-state index < -0.39 is 0 Å². The number of carbonyl (C=O) groups is 2. The Morgan fingerprint density at radius 2 is 1.91 bits per heavy atom. The van der Waals surface area contributed by atoms with Crippen molar-refractivity contribution in [2.45, 2.75) is 44.6 Å². The third-order valence-corrected chi connectivity index (χ3v) is 3.51. The van der Waals surface area contributed by atoms with Gasteiger partial charge in [-0.1, -0.05) is 25.0 Å². The monoisotopic (exact) mass is 311 g/mol. The van der Waals surface area contributed by atoms with Gasteiger partial charge in [-0.15, -0.1) is 0 Å². The first-order chi connectivity index (χ1) is 10.7. The van der Waals surface area contributed by atoms with Gasteiger partial charge in [-0.05, 0) is 26.3 Å². The van der Waals surface area contributed by atoms with Crippen molar-refractivity contribution in [3.05, 3.63) is 12.2 Å². The van der Waals surface area contributed by atoms with Gasteiger partial charge in [0.25, 0.3) is 0 Å². The minimum Gasteiger partial charge on any atom is -0.364 e. The van der Waals surface area contributed by atoms with Gasteiger partial charge in [0.05, 0.1) is 6.10 Å². The third-order valence-electron chi connectivity index (χ3n) is 3.51. The van der Waals surface area contributed by atoms with Crippen LogP contribution in [0.25, 0.3) is 0 Å². The second-order valence-electron chi connectivity index (χ2n) is 5.47. The SMILES string of the molecule is CNCCNC(=O)CCNC(=O)COC1/C=C\CCCCC1. The number of hydrogen-bond acceptors (Lipinski definition) is 4. The molecule has 1 rings (SSSR count). The lowest BCUT2D eigenvalue weighted by Gasteiger charge is -2.16. The van der Waals surface area contributed by atoms with Gasteiger partial charge in [-0.2, -0.15) is 0 Å². The molecular weight excluding hydrogens is 282 g/mol. The van der Waals surface area contributed by atoms with Crippen molar-refractivity contribution in [1.82, 2.24) is 16.0 Å². The summed E-state index contributed by atoms with van der Waals surface area (Å²) in [6, 6.07) is 0. The van der Waals surface area contributed by atoms with Crippen LogP contribution >= 0.6 is 0 Å². The summed E-state index contributed by atoms with van der Waals surface area (Å²) in [6.45, 7) is 1.73. The van der Waals surface area contributed by atoms with Gasteiger partial charge >= 0.3 is 0 Å². The van der Waals surface area contributed by atoms with Crippen molar-refractivity contribution in [3.63, 3.8) is 0 Å². The number of ether oxygens (including phenoxy) is 1. The molecule has 6 heteroatoms. The van der Waals surface area contributed by atoms with Crippen LogP contribution in [0.3, 0.4) is 0 Å². The van der Waals surface area contributed by atoms with Gasteiger partial charge in [0.1, 0.15) is 6.61 Å². The molecule has 0 aromatic rings. The predicted octanol–water partition coefficient (Wildman–Crippen LogP) is 0.734. The second-order valence-corrected chi connectivity index (χ2v) is 5.47. The molecule has 6 nitrogen and oxygen atoms in total. The van der Waals surface area contributed by atoms with Gasteiger partial charge in [0.2, 0.25) is 11.8 Å². The molecule has 126 valence electrons. The zero-order valence-electron chi connectivity index (χ0n) is 13.5. The molecule has 1 aliphatic rings. The van der Waals surface area contributed by atoms with Crippen molar-refractivity contribution < 1.29 is 14.3 Å². The molecular formula is C16H29N3O3. The summed E-state index contributed by atoms with van der Waals surface area (Å²) >= 11 is 0. The number of carbonyl (C=O) groups excluding carboxylic acids is 2. The Hall–Kier alpha value is -1.40. The van der Waals surface area contributed by atoms with Crippen molar-refractivity contribution in [1.29, 1.82) is 0 Å². The summed E-state index contributed by atoms with van der Waals surface area (Å²) in [4.78, 5) is 23.1. The van der Waals surface area contributed by atoms with Gasteiger partial charge in [-0.3, -0.25) is 9.59 Å². The molecule has 0 aliphatic heterocycles. The number of allylic oxidation sites excluding steroid dienone is 1. The fraction of sp³-hybridized carbons (Fsp3) is 0.750. The first-order valence-electron chi connectivity index (χ1n) is 8.18. The highest BCUT2D eigenvalue weighted by Crippen LogP contribution is 2.13. The maximum atomic E-state index is 11.7. The fourth-order valence-electron chi connectivity index (χ4n) is 2.23. The standard InChI is InChI=1S/C16H29N3O3/c1-17-11-12-19-15(20)9-10-18-16(21)13-22-14-7-5-3-2-4-6-8-14/h5,7,14,17H,2-4,6,8-13H2,1H3,(H,18,21)(H,19,20)/b7-5-. The second kappa shape index (κ2) is 12.2. The molecule has 0 aromatic carbocycles. The van der Waals surface area contributed by atoms with Crippen LogP contribution in [0.5, 0.6) is 0 Å². The summed E-state index contributed by atoms with van der Waals surface area (Å²) < 4.78 is 5.61. The minimum atomic E-state index is -0.168. The Morgan fingerprint density at radius 1 is 1.09 bits per heavy atom. The topological polar surface area (TPSA) is 79.5 Å². The van der Waals surface area contributed by atoms with Crippen LogP contribution < -0.4 is 16.0 Å². The molecule has 0 saturated carbocycles. The lowest BCUT2D eigenvalue weighted by atomic mass is 10.0. The van der Waals surface area contributed by atoms with E-state index in [1.54, 1.807) is 0 Å². The van der Waals surface area contributed by atoms with Gasteiger partial charge in [-0.25, -0.2) is 0 Å². The lowest BCUT2D eigenvalue weighted by molar-refractivity contribution is -0.127. The average Bonchev–Trinajstić information content (AvgIpc) is 2.46. The van der Waals surface area contributed by atoms with Crippen molar-refractivity contribution >= 4 is 11.8 Å². The molecule has 0 radical (unpaired) electrons. The van der Waals surface area contributed by atoms with E-state index in [4.69, 9.17) is 4.74 Å². The quantitative estimate of drug-likeness (QED) is 0.433. The Kier molecular flexibility index (Phi) is 10.3. The van der Waals surface area contributed by atoms with E-state index in [1.165, 1.54) is 12.8 Å².